The van der Waals surface area contributed by atoms with E-state index in [0.717, 1.165) is 36.0 Å². The number of carbonyl (C=O) groups is 1. The predicted octanol–water partition coefficient (Wildman–Crippen LogP) is 8.18. The molecule has 0 amide bonds. The van der Waals surface area contributed by atoms with Gasteiger partial charge in [-0.05, 0) is 58.9 Å². The number of hydrogen-bond donors (Lipinski definition) is 0. The number of ether oxygens (including phenoxy) is 3. The molecule has 40 heavy (non-hydrogen) atoms. The van der Waals surface area contributed by atoms with Gasteiger partial charge in [-0.15, -0.1) is 0 Å². The summed E-state index contributed by atoms with van der Waals surface area (Å²) in [5.74, 6) is -0.572. The van der Waals surface area contributed by atoms with E-state index in [9.17, 15) is 9.18 Å². The number of hydrogen-bond acceptors (Lipinski definition) is 5. The Balaban J connectivity index is 0.00000115. The van der Waals surface area contributed by atoms with Crippen LogP contribution in [0, 0.1) is 17.0 Å². The third kappa shape index (κ3) is 7.38. The van der Waals surface area contributed by atoms with Crippen molar-refractivity contribution in [3.63, 3.8) is 0 Å². The van der Waals surface area contributed by atoms with E-state index in [1.807, 2.05) is 12.1 Å². The fourth-order valence-corrected chi connectivity index (χ4v) is 5.24. The number of methoxy groups -OCH3 is 2. The normalized spacial score (nSPS) is 17.0. The minimum atomic E-state index is -0.480. The van der Waals surface area contributed by atoms with Gasteiger partial charge in [0.05, 0.1) is 20.4 Å². The van der Waals surface area contributed by atoms with Crippen LogP contribution < -0.4 is 9.47 Å². The predicted molar refractivity (Wildman–Crippen MR) is 151 cm³/mol. The molecule has 2 aliphatic carbocycles. The van der Waals surface area contributed by atoms with Gasteiger partial charge in [0, 0.05) is 18.1 Å². The number of aryl methyl sites for hydroxylation is 1. The molecule has 2 aliphatic rings. The third-order valence-electron chi connectivity index (χ3n) is 7.70. The molecular weight excluding hydrogens is 512 g/mol. The molecule has 1 atom stereocenters. The zero-order valence-electron chi connectivity index (χ0n) is 23.9. The van der Waals surface area contributed by atoms with Crippen LogP contribution >= 0.6 is 0 Å². The van der Waals surface area contributed by atoms with Crippen molar-refractivity contribution in [2.75, 3.05) is 14.2 Å². The van der Waals surface area contributed by atoms with Gasteiger partial charge < -0.3 is 14.2 Å². The van der Waals surface area contributed by atoms with Crippen LogP contribution in [0.2, 0.25) is 0 Å². The van der Waals surface area contributed by atoms with Crippen LogP contribution in [0.25, 0.3) is 11.1 Å². The summed E-state index contributed by atoms with van der Waals surface area (Å²) in [6.45, 7) is 4.65. The van der Waals surface area contributed by atoms with Gasteiger partial charge in [0.15, 0.2) is 11.6 Å². The van der Waals surface area contributed by atoms with E-state index in [-0.39, 0.29) is 36.5 Å². The average molecular weight is 552 g/mol. The maximum atomic E-state index is 15.0. The van der Waals surface area contributed by atoms with Crippen molar-refractivity contribution >= 4 is 5.97 Å². The molecule has 3 aromatic rings. The molecule has 2 fully saturated rings. The molecule has 5 rings (SSSR count). The zero-order valence-corrected chi connectivity index (χ0v) is 23.9. The number of carbonyl (C=O) groups excluding carboxylic acids is 1. The molecular formula is C33H39F2NO4. The first kappa shape index (κ1) is 29.5. The maximum absolute atomic E-state index is 15.0. The fourth-order valence-electron chi connectivity index (χ4n) is 5.24. The lowest BCUT2D eigenvalue weighted by molar-refractivity contribution is -0.140. The summed E-state index contributed by atoms with van der Waals surface area (Å²) in [7, 11) is 2.82. The summed E-state index contributed by atoms with van der Waals surface area (Å²) in [5.41, 5.74) is 3.61. The van der Waals surface area contributed by atoms with Crippen LogP contribution in [0.4, 0.5) is 8.78 Å². The van der Waals surface area contributed by atoms with Gasteiger partial charge in [-0.25, -0.2) is 13.8 Å². The van der Waals surface area contributed by atoms with E-state index < -0.39 is 17.6 Å². The summed E-state index contributed by atoms with van der Waals surface area (Å²) < 4.78 is 45.7. The summed E-state index contributed by atoms with van der Waals surface area (Å²) >= 11 is 0. The lowest BCUT2D eigenvalue weighted by Gasteiger charge is -2.30. The van der Waals surface area contributed by atoms with E-state index >= 15 is 4.39 Å². The maximum Gasteiger partial charge on any atom is 0.305 e. The van der Waals surface area contributed by atoms with Crippen molar-refractivity contribution < 1.29 is 27.8 Å². The van der Waals surface area contributed by atoms with Gasteiger partial charge >= 0.3 is 5.97 Å². The fraction of sp³-hybridized carbons (Fsp3) is 0.455. The van der Waals surface area contributed by atoms with Gasteiger partial charge in [0.1, 0.15) is 12.4 Å². The Hall–Kier alpha value is -3.48. The zero-order chi connectivity index (χ0) is 28.7. The van der Waals surface area contributed by atoms with E-state index in [1.165, 1.54) is 39.7 Å². The highest BCUT2D eigenvalue weighted by Gasteiger charge is 2.37. The van der Waals surface area contributed by atoms with Crippen molar-refractivity contribution in [1.82, 2.24) is 4.98 Å². The van der Waals surface area contributed by atoms with Crippen LogP contribution in [0.3, 0.4) is 0 Å². The number of benzene rings is 2. The Kier molecular flexibility index (Phi) is 9.77. The molecule has 1 heterocycles. The van der Waals surface area contributed by atoms with Crippen molar-refractivity contribution in [2.24, 2.45) is 5.41 Å². The molecule has 5 nitrogen and oxygen atoms in total. The second-order valence-electron chi connectivity index (χ2n) is 11.2. The SMILES string of the molecule is C1CC1.COC(=O)CCc1cccc(OCc2ccc(-c3cc(OC)ncc3F)c(C3CCCC3(C)C)c2)c1F. The summed E-state index contributed by atoms with van der Waals surface area (Å²) in [4.78, 5) is 15.4. The Morgan fingerprint density at radius 1 is 1.02 bits per heavy atom. The summed E-state index contributed by atoms with van der Waals surface area (Å²) in [6.07, 6.45) is 9.20. The highest BCUT2D eigenvalue weighted by atomic mass is 19.1. The largest absolute Gasteiger partial charge is 0.486 e. The van der Waals surface area contributed by atoms with Crippen LogP contribution in [-0.2, 0) is 22.6 Å². The Labute approximate surface area is 235 Å². The smallest absolute Gasteiger partial charge is 0.305 e. The number of pyridine rings is 1. The van der Waals surface area contributed by atoms with Crippen LogP contribution in [0.5, 0.6) is 11.6 Å². The standard InChI is InChI=1S/C30H33F2NO4.C3H6/c1-30(2)14-6-8-24(30)22-15-19(10-12-21(22)23-16-27(35-3)33-17-25(23)31)18-37-26-9-5-7-20(29(26)32)11-13-28(34)36-4;1-2-3-1/h5,7,9-10,12,15-17,24H,6,8,11,13-14,18H2,1-4H3;1-3H2. The lowest BCUT2D eigenvalue weighted by atomic mass is 9.75. The van der Waals surface area contributed by atoms with Gasteiger partial charge in [0.2, 0.25) is 5.88 Å². The molecule has 2 saturated carbocycles. The molecule has 0 spiro atoms. The molecule has 1 unspecified atom stereocenters. The topological polar surface area (TPSA) is 57.7 Å². The van der Waals surface area contributed by atoms with Crippen LogP contribution in [0.1, 0.15) is 81.4 Å². The molecule has 0 aliphatic heterocycles. The molecule has 1 aromatic heterocycles. The minimum absolute atomic E-state index is 0.0574. The van der Waals surface area contributed by atoms with Crippen molar-refractivity contribution in [2.45, 2.75) is 77.7 Å². The summed E-state index contributed by atoms with van der Waals surface area (Å²) in [5, 5.41) is 0. The second-order valence-corrected chi connectivity index (χ2v) is 11.2. The van der Waals surface area contributed by atoms with Crippen molar-refractivity contribution in [1.29, 1.82) is 0 Å². The van der Waals surface area contributed by atoms with E-state index in [2.05, 4.69) is 29.6 Å². The molecule has 0 N–H and O–H groups in total. The van der Waals surface area contributed by atoms with Crippen LogP contribution in [-0.4, -0.2) is 25.2 Å². The molecule has 0 bridgehead atoms. The highest BCUT2D eigenvalue weighted by molar-refractivity contribution is 5.70. The number of rotatable bonds is 9. The molecule has 214 valence electrons. The lowest BCUT2D eigenvalue weighted by Crippen LogP contribution is -2.17. The van der Waals surface area contributed by atoms with E-state index in [1.54, 1.807) is 24.3 Å². The second kappa shape index (κ2) is 13.2. The monoisotopic (exact) mass is 551 g/mol. The first-order chi connectivity index (χ1) is 19.2. The number of halogens is 2. The Morgan fingerprint density at radius 3 is 2.45 bits per heavy atom. The first-order valence-electron chi connectivity index (χ1n) is 14.0. The molecule has 0 radical (unpaired) electrons. The molecule has 0 saturated heterocycles. The van der Waals surface area contributed by atoms with Crippen molar-refractivity contribution in [3.05, 3.63) is 77.0 Å². The number of esters is 1. The Morgan fingerprint density at radius 2 is 1.80 bits per heavy atom. The van der Waals surface area contributed by atoms with Gasteiger partial charge in [-0.2, -0.15) is 0 Å². The van der Waals surface area contributed by atoms with Gasteiger partial charge in [-0.3, -0.25) is 4.79 Å². The minimum Gasteiger partial charge on any atom is -0.486 e. The van der Waals surface area contributed by atoms with Gasteiger partial charge in [-0.1, -0.05) is 69.9 Å². The van der Waals surface area contributed by atoms with E-state index in [0.29, 0.717) is 17.0 Å². The summed E-state index contributed by atoms with van der Waals surface area (Å²) in [6, 6.07) is 12.4. The average Bonchev–Trinajstić information content (AvgIpc) is 3.80. The van der Waals surface area contributed by atoms with Crippen LogP contribution in [0.15, 0.2) is 48.7 Å². The quantitative estimate of drug-likeness (QED) is 0.251. The van der Waals surface area contributed by atoms with Crippen molar-refractivity contribution in [3.8, 4) is 22.8 Å². The Bertz CT molecular complexity index is 1320. The third-order valence-corrected chi connectivity index (χ3v) is 7.70. The highest BCUT2D eigenvalue weighted by Crippen LogP contribution is 2.51. The number of nitrogens with zero attached hydrogens (tertiary/aromatic N) is 1. The molecule has 7 heteroatoms. The number of aromatic nitrogens is 1. The molecule has 2 aromatic carbocycles. The van der Waals surface area contributed by atoms with E-state index in [4.69, 9.17) is 9.47 Å². The first-order valence-corrected chi connectivity index (χ1v) is 14.0. The van der Waals surface area contributed by atoms with Gasteiger partial charge in [0.25, 0.3) is 0 Å².